The Bertz CT molecular complexity index is 871. The van der Waals surface area contributed by atoms with Gasteiger partial charge in [-0.05, 0) is 36.4 Å². The standard InChI is InChI=1S/C17H12ClF3N2O3/c18-11-4-5-14-13(7-11)23(16(25)9-26-14)8-15(24)22-12-3-1-2-10(6-12)17(19,20)21/h1-7H,8-9H2,(H,22,24). The van der Waals surface area contributed by atoms with E-state index in [4.69, 9.17) is 16.3 Å². The van der Waals surface area contributed by atoms with E-state index < -0.39 is 23.6 Å². The molecule has 9 heteroatoms. The predicted octanol–water partition coefficient (Wildman–Crippen LogP) is 3.72. The zero-order valence-corrected chi connectivity index (χ0v) is 13.9. The Balaban J connectivity index is 1.77. The highest BCUT2D eigenvalue weighted by atomic mass is 35.5. The Morgan fingerprint density at radius 3 is 2.73 bits per heavy atom. The first-order chi connectivity index (χ1) is 12.2. The van der Waals surface area contributed by atoms with E-state index in [-0.39, 0.29) is 18.8 Å². The lowest BCUT2D eigenvalue weighted by atomic mass is 10.2. The molecule has 1 N–H and O–H groups in total. The molecule has 2 aromatic rings. The Kier molecular flexibility index (Phi) is 4.78. The summed E-state index contributed by atoms with van der Waals surface area (Å²) in [5, 5.41) is 2.71. The van der Waals surface area contributed by atoms with Gasteiger partial charge in [-0.1, -0.05) is 17.7 Å². The highest BCUT2D eigenvalue weighted by Gasteiger charge is 2.31. The molecule has 136 valence electrons. The van der Waals surface area contributed by atoms with Gasteiger partial charge in [0.1, 0.15) is 12.3 Å². The predicted molar refractivity (Wildman–Crippen MR) is 89.4 cm³/mol. The number of alkyl halides is 3. The number of nitrogens with zero attached hydrogens (tertiary/aromatic N) is 1. The van der Waals surface area contributed by atoms with Gasteiger partial charge in [0.2, 0.25) is 5.91 Å². The van der Waals surface area contributed by atoms with Crippen molar-refractivity contribution in [2.45, 2.75) is 6.18 Å². The van der Waals surface area contributed by atoms with Gasteiger partial charge in [-0.15, -0.1) is 0 Å². The monoisotopic (exact) mass is 384 g/mol. The Morgan fingerprint density at radius 1 is 1.23 bits per heavy atom. The first-order valence-corrected chi connectivity index (χ1v) is 7.81. The van der Waals surface area contributed by atoms with Crippen LogP contribution in [0.2, 0.25) is 5.02 Å². The van der Waals surface area contributed by atoms with Crippen LogP contribution in [-0.4, -0.2) is 25.0 Å². The highest BCUT2D eigenvalue weighted by molar-refractivity contribution is 6.31. The van der Waals surface area contributed by atoms with Gasteiger partial charge in [0, 0.05) is 10.7 Å². The Morgan fingerprint density at radius 2 is 2.00 bits per heavy atom. The van der Waals surface area contributed by atoms with Crippen molar-refractivity contribution < 1.29 is 27.5 Å². The molecule has 0 saturated carbocycles. The zero-order valence-electron chi connectivity index (χ0n) is 13.1. The molecule has 0 unspecified atom stereocenters. The van der Waals surface area contributed by atoms with Gasteiger partial charge in [-0.25, -0.2) is 0 Å². The summed E-state index contributed by atoms with van der Waals surface area (Å²) in [7, 11) is 0. The number of halogens is 4. The first-order valence-electron chi connectivity index (χ1n) is 7.44. The second kappa shape index (κ2) is 6.87. The van der Waals surface area contributed by atoms with Gasteiger partial charge in [-0.2, -0.15) is 13.2 Å². The molecule has 0 fully saturated rings. The smallest absolute Gasteiger partial charge is 0.416 e. The maximum absolute atomic E-state index is 12.7. The molecular weight excluding hydrogens is 373 g/mol. The van der Waals surface area contributed by atoms with Crippen LogP contribution in [0.3, 0.4) is 0 Å². The van der Waals surface area contributed by atoms with E-state index in [1.807, 2.05) is 0 Å². The van der Waals surface area contributed by atoms with Crippen molar-refractivity contribution in [1.82, 2.24) is 0 Å². The lowest BCUT2D eigenvalue weighted by Crippen LogP contribution is -2.43. The molecular formula is C17H12ClF3N2O3. The number of amides is 2. The molecule has 1 aliphatic heterocycles. The van der Waals surface area contributed by atoms with Gasteiger partial charge in [0.15, 0.2) is 6.61 Å². The lowest BCUT2D eigenvalue weighted by molar-refractivity contribution is -0.137. The fourth-order valence-electron chi connectivity index (χ4n) is 2.47. The minimum Gasteiger partial charge on any atom is -0.482 e. The summed E-state index contributed by atoms with van der Waals surface area (Å²) in [5.41, 5.74) is -0.570. The highest BCUT2D eigenvalue weighted by Crippen LogP contribution is 2.34. The van der Waals surface area contributed by atoms with Crippen molar-refractivity contribution >= 4 is 34.8 Å². The molecule has 2 amide bonds. The number of benzene rings is 2. The number of hydrogen-bond acceptors (Lipinski definition) is 3. The molecule has 1 aliphatic rings. The van der Waals surface area contributed by atoms with Gasteiger partial charge in [-0.3, -0.25) is 14.5 Å². The normalized spacial score (nSPS) is 13.8. The molecule has 1 heterocycles. The SMILES string of the molecule is O=C(CN1C(=O)COc2ccc(Cl)cc21)Nc1cccc(C(F)(F)F)c1. The Hall–Kier alpha value is -2.74. The van der Waals surface area contributed by atoms with Crippen LogP contribution < -0.4 is 15.0 Å². The minimum absolute atomic E-state index is 0.0168. The van der Waals surface area contributed by atoms with E-state index in [0.29, 0.717) is 16.5 Å². The number of hydrogen-bond donors (Lipinski definition) is 1. The lowest BCUT2D eigenvalue weighted by Gasteiger charge is -2.29. The van der Waals surface area contributed by atoms with E-state index in [9.17, 15) is 22.8 Å². The number of fused-ring (bicyclic) bond motifs is 1. The maximum atomic E-state index is 12.7. The summed E-state index contributed by atoms with van der Waals surface area (Å²) in [4.78, 5) is 25.5. The average molecular weight is 385 g/mol. The van der Waals surface area contributed by atoms with E-state index in [1.54, 1.807) is 12.1 Å². The number of carbonyl (C=O) groups is 2. The van der Waals surface area contributed by atoms with Crippen molar-refractivity contribution in [1.29, 1.82) is 0 Å². The summed E-state index contributed by atoms with van der Waals surface area (Å²) in [5.74, 6) is -0.717. The second-order valence-electron chi connectivity index (χ2n) is 5.51. The molecule has 0 saturated heterocycles. The quantitative estimate of drug-likeness (QED) is 0.877. The topological polar surface area (TPSA) is 58.6 Å². The van der Waals surface area contributed by atoms with Gasteiger partial charge in [0.05, 0.1) is 11.3 Å². The fourth-order valence-corrected chi connectivity index (χ4v) is 2.63. The summed E-state index contributed by atoms with van der Waals surface area (Å²) in [6.07, 6.45) is -4.52. The molecule has 0 bridgehead atoms. The third kappa shape index (κ3) is 3.91. The number of ether oxygens (including phenoxy) is 1. The van der Waals surface area contributed by atoms with Crippen molar-refractivity contribution in [2.75, 3.05) is 23.4 Å². The van der Waals surface area contributed by atoms with Crippen LogP contribution >= 0.6 is 11.6 Å². The average Bonchev–Trinajstić information content (AvgIpc) is 2.57. The van der Waals surface area contributed by atoms with Crippen molar-refractivity contribution in [3.05, 3.63) is 53.1 Å². The molecule has 0 atom stereocenters. The number of rotatable bonds is 3. The third-order valence-electron chi connectivity index (χ3n) is 3.64. The van der Waals surface area contributed by atoms with Crippen molar-refractivity contribution in [3.63, 3.8) is 0 Å². The van der Waals surface area contributed by atoms with Crippen LogP contribution in [0.15, 0.2) is 42.5 Å². The molecule has 5 nitrogen and oxygen atoms in total. The van der Waals surface area contributed by atoms with Crippen LogP contribution in [0.25, 0.3) is 0 Å². The second-order valence-corrected chi connectivity index (χ2v) is 5.94. The minimum atomic E-state index is -4.52. The summed E-state index contributed by atoms with van der Waals surface area (Å²) < 4.78 is 43.5. The van der Waals surface area contributed by atoms with Crippen LogP contribution in [0.5, 0.6) is 5.75 Å². The van der Waals surface area contributed by atoms with Crippen LogP contribution in [0.4, 0.5) is 24.5 Å². The molecule has 2 aromatic carbocycles. The summed E-state index contributed by atoms with van der Waals surface area (Å²) >= 11 is 5.92. The van der Waals surface area contributed by atoms with Crippen LogP contribution in [-0.2, 0) is 15.8 Å². The third-order valence-corrected chi connectivity index (χ3v) is 3.87. The van der Waals surface area contributed by atoms with E-state index in [2.05, 4.69) is 5.32 Å². The van der Waals surface area contributed by atoms with E-state index in [1.165, 1.54) is 23.1 Å². The first kappa shape index (κ1) is 18.1. The van der Waals surface area contributed by atoms with Crippen LogP contribution in [0, 0.1) is 0 Å². The van der Waals surface area contributed by atoms with Gasteiger partial charge in [0.25, 0.3) is 5.91 Å². The molecule has 0 aromatic heterocycles. The molecule has 26 heavy (non-hydrogen) atoms. The Labute approximate surface area is 151 Å². The van der Waals surface area contributed by atoms with Crippen molar-refractivity contribution in [2.24, 2.45) is 0 Å². The number of nitrogens with one attached hydrogen (secondary N) is 1. The number of anilines is 2. The molecule has 3 rings (SSSR count). The largest absolute Gasteiger partial charge is 0.482 e. The van der Waals surface area contributed by atoms with Crippen molar-refractivity contribution in [3.8, 4) is 5.75 Å². The number of carbonyl (C=O) groups excluding carboxylic acids is 2. The zero-order chi connectivity index (χ0) is 18.9. The molecule has 0 spiro atoms. The molecule has 0 radical (unpaired) electrons. The van der Waals surface area contributed by atoms with Gasteiger partial charge >= 0.3 is 6.18 Å². The maximum Gasteiger partial charge on any atom is 0.416 e. The summed E-state index contributed by atoms with van der Waals surface area (Å²) in [6.45, 7) is -0.628. The van der Waals surface area contributed by atoms with E-state index in [0.717, 1.165) is 12.1 Å². The summed E-state index contributed by atoms with van der Waals surface area (Å²) in [6, 6.07) is 8.88. The van der Waals surface area contributed by atoms with Gasteiger partial charge < -0.3 is 10.1 Å². The fraction of sp³-hybridized carbons (Fsp3) is 0.176. The van der Waals surface area contributed by atoms with E-state index >= 15 is 0 Å². The molecule has 0 aliphatic carbocycles. The van der Waals surface area contributed by atoms with Crippen LogP contribution in [0.1, 0.15) is 5.56 Å².